The topological polar surface area (TPSA) is 81.8 Å². The Hall–Kier alpha value is -2.03. The van der Waals surface area contributed by atoms with E-state index >= 15 is 0 Å². The molecule has 2 aromatic rings. The lowest BCUT2D eigenvalue weighted by molar-refractivity contribution is 0.332. The molecule has 1 aromatic carbocycles. The van der Waals surface area contributed by atoms with Gasteiger partial charge in [0.15, 0.2) is 5.96 Å². The van der Waals surface area contributed by atoms with Crippen molar-refractivity contribution in [3.05, 3.63) is 48.3 Å². The van der Waals surface area contributed by atoms with Gasteiger partial charge in [-0.25, -0.2) is 4.99 Å². The number of rotatable bonds is 7. The van der Waals surface area contributed by atoms with Crippen molar-refractivity contribution in [2.75, 3.05) is 18.5 Å². The Balaban J connectivity index is 0.00000288. The molecule has 0 unspecified atom stereocenters. The second kappa shape index (κ2) is 10.7. The Kier molecular flexibility index (Phi) is 8.92. The van der Waals surface area contributed by atoms with Crippen LogP contribution in [-0.2, 0) is 6.54 Å². The van der Waals surface area contributed by atoms with Crippen molar-refractivity contribution >= 4 is 35.6 Å². The average Bonchev–Trinajstić information content (AvgIpc) is 2.57. The molecule has 2 rings (SSSR count). The van der Waals surface area contributed by atoms with Gasteiger partial charge < -0.3 is 20.5 Å². The Bertz CT molecular complexity index is 650. The van der Waals surface area contributed by atoms with Crippen molar-refractivity contribution in [1.29, 1.82) is 0 Å². The molecule has 1 heterocycles. The van der Waals surface area contributed by atoms with Crippen molar-refractivity contribution in [2.45, 2.75) is 20.4 Å². The number of benzene rings is 1. The molecule has 0 saturated carbocycles. The van der Waals surface area contributed by atoms with E-state index in [-0.39, 0.29) is 24.0 Å². The molecule has 6 nitrogen and oxygen atoms in total. The third-order valence-electron chi connectivity index (χ3n) is 2.98. The number of nitrogens with zero attached hydrogens (tertiary/aromatic N) is 2. The number of hydrogen-bond donors (Lipinski definition) is 2. The fourth-order valence-electron chi connectivity index (χ4n) is 1.99. The van der Waals surface area contributed by atoms with Crippen LogP contribution in [0.15, 0.2) is 47.7 Å². The molecule has 0 radical (unpaired) electrons. The number of aliphatic imine (C=N–C) groups is 1. The lowest BCUT2D eigenvalue weighted by Gasteiger charge is -2.14. The maximum Gasteiger partial charge on any atom is 0.193 e. The van der Waals surface area contributed by atoms with E-state index in [2.05, 4.69) is 15.3 Å². The second-order valence-electron chi connectivity index (χ2n) is 4.71. The van der Waals surface area contributed by atoms with Crippen molar-refractivity contribution in [2.24, 2.45) is 10.7 Å². The quantitative estimate of drug-likeness (QED) is 0.390. The molecular weight excluding hydrogens is 419 g/mol. The van der Waals surface area contributed by atoms with Gasteiger partial charge in [0.2, 0.25) is 0 Å². The molecule has 0 bridgehead atoms. The van der Waals surface area contributed by atoms with Crippen LogP contribution in [0.4, 0.5) is 5.69 Å². The number of aromatic nitrogens is 1. The summed E-state index contributed by atoms with van der Waals surface area (Å²) in [7, 11) is 0. The molecule has 0 fully saturated rings. The van der Waals surface area contributed by atoms with Gasteiger partial charge in [0.1, 0.15) is 11.5 Å². The standard InChI is InChI=1S/C17H22N4O2.HI/c1-3-22-14-7-8-16(23-4-2)15(10-14)21-17(18)20-12-13-6-5-9-19-11-13;/h5-11H,3-4,12H2,1-2H3,(H3,18,20,21);1H. The number of nitrogens with one attached hydrogen (secondary N) is 1. The second-order valence-corrected chi connectivity index (χ2v) is 4.71. The number of nitrogens with two attached hydrogens (primary N) is 1. The van der Waals surface area contributed by atoms with Crippen molar-refractivity contribution in [3.63, 3.8) is 0 Å². The van der Waals surface area contributed by atoms with Gasteiger partial charge >= 0.3 is 0 Å². The van der Waals surface area contributed by atoms with E-state index in [1.54, 1.807) is 12.4 Å². The van der Waals surface area contributed by atoms with Gasteiger partial charge in [-0.15, -0.1) is 24.0 Å². The van der Waals surface area contributed by atoms with Gasteiger partial charge in [-0.2, -0.15) is 0 Å². The van der Waals surface area contributed by atoms with E-state index in [9.17, 15) is 0 Å². The van der Waals surface area contributed by atoms with E-state index in [4.69, 9.17) is 15.2 Å². The highest BCUT2D eigenvalue weighted by molar-refractivity contribution is 14.0. The van der Waals surface area contributed by atoms with Gasteiger partial charge in [-0.05, 0) is 37.6 Å². The molecule has 7 heteroatoms. The SMILES string of the molecule is CCOc1ccc(OCC)c(NC(N)=NCc2cccnc2)c1.I. The van der Waals surface area contributed by atoms with Crippen molar-refractivity contribution < 1.29 is 9.47 Å². The van der Waals surface area contributed by atoms with Crippen LogP contribution in [-0.4, -0.2) is 24.2 Å². The Morgan fingerprint density at radius 1 is 1.21 bits per heavy atom. The summed E-state index contributed by atoms with van der Waals surface area (Å²) in [6.07, 6.45) is 3.49. The zero-order valence-corrected chi connectivity index (χ0v) is 16.2. The number of ether oxygens (including phenoxy) is 2. The van der Waals surface area contributed by atoms with Crippen LogP contribution in [0.5, 0.6) is 11.5 Å². The predicted octanol–water partition coefficient (Wildman–Crippen LogP) is 3.42. The molecule has 1 aromatic heterocycles. The van der Waals surface area contributed by atoms with Crippen molar-refractivity contribution in [3.8, 4) is 11.5 Å². The summed E-state index contributed by atoms with van der Waals surface area (Å²) in [5, 5.41) is 3.07. The lowest BCUT2D eigenvalue weighted by Crippen LogP contribution is -2.23. The highest BCUT2D eigenvalue weighted by atomic mass is 127. The highest BCUT2D eigenvalue weighted by Gasteiger charge is 2.07. The largest absolute Gasteiger partial charge is 0.494 e. The number of hydrogen-bond acceptors (Lipinski definition) is 4. The van der Waals surface area contributed by atoms with Gasteiger partial charge in [-0.1, -0.05) is 6.07 Å². The normalized spacial score (nSPS) is 10.7. The zero-order chi connectivity index (χ0) is 16.5. The molecule has 0 aliphatic carbocycles. The molecule has 0 aliphatic rings. The number of halogens is 1. The molecular formula is C17H23IN4O2. The first-order valence-electron chi connectivity index (χ1n) is 7.58. The summed E-state index contributed by atoms with van der Waals surface area (Å²) >= 11 is 0. The minimum atomic E-state index is 0. The fourth-order valence-corrected chi connectivity index (χ4v) is 1.99. The summed E-state index contributed by atoms with van der Waals surface area (Å²) in [4.78, 5) is 8.36. The fraction of sp³-hybridized carbons (Fsp3) is 0.294. The summed E-state index contributed by atoms with van der Waals surface area (Å²) in [6, 6.07) is 9.38. The summed E-state index contributed by atoms with van der Waals surface area (Å²) < 4.78 is 11.1. The van der Waals surface area contributed by atoms with Crippen LogP contribution in [0.2, 0.25) is 0 Å². The average molecular weight is 442 g/mol. The molecule has 0 aliphatic heterocycles. The number of anilines is 1. The lowest BCUT2D eigenvalue weighted by atomic mass is 10.2. The highest BCUT2D eigenvalue weighted by Crippen LogP contribution is 2.29. The van der Waals surface area contributed by atoms with E-state index in [0.717, 1.165) is 17.0 Å². The Labute approximate surface area is 159 Å². The minimum Gasteiger partial charge on any atom is -0.494 e. The smallest absolute Gasteiger partial charge is 0.193 e. The third-order valence-corrected chi connectivity index (χ3v) is 2.98. The number of guanidine groups is 1. The molecule has 130 valence electrons. The van der Waals surface area contributed by atoms with E-state index in [1.165, 1.54) is 0 Å². The van der Waals surface area contributed by atoms with Gasteiger partial charge in [0.25, 0.3) is 0 Å². The molecule has 0 amide bonds. The van der Waals surface area contributed by atoms with E-state index < -0.39 is 0 Å². The van der Waals surface area contributed by atoms with Gasteiger partial charge in [0, 0.05) is 18.5 Å². The maximum absolute atomic E-state index is 5.96. The third kappa shape index (κ3) is 6.23. The van der Waals surface area contributed by atoms with E-state index in [0.29, 0.717) is 31.5 Å². The molecule has 24 heavy (non-hydrogen) atoms. The predicted molar refractivity (Wildman–Crippen MR) is 107 cm³/mol. The molecule has 0 atom stereocenters. The van der Waals surface area contributed by atoms with Gasteiger partial charge in [-0.3, -0.25) is 4.98 Å². The maximum atomic E-state index is 5.96. The van der Waals surface area contributed by atoms with Crippen LogP contribution in [0.1, 0.15) is 19.4 Å². The van der Waals surface area contributed by atoms with Crippen LogP contribution in [0.3, 0.4) is 0 Å². The van der Waals surface area contributed by atoms with Crippen LogP contribution in [0, 0.1) is 0 Å². The molecule has 0 saturated heterocycles. The van der Waals surface area contributed by atoms with Gasteiger partial charge in [0.05, 0.1) is 25.4 Å². The molecule has 0 spiro atoms. The summed E-state index contributed by atoms with van der Waals surface area (Å²) in [5.41, 5.74) is 7.68. The minimum absolute atomic E-state index is 0. The zero-order valence-electron chi connectivity index (χ0n) is 13.9. The van der Waals surface area contributed by atoms with Crippen LogP contribution >= 0.6 is 24.0 Å². The van der Waals surface area contributed by atoms with Crippen LogP contribution in [0.25, 0.3) is 0 Å². The van der Waals surface area contributed by atoms with Crippen molar-refractivity contribution in [1.82, 2.24) is 4.98 Å². The first kappa shape index (κ1) is 20.0. The first-order chi connectivity index (χ1) is 11.2. The first-order valence-corrected chi connectivity index (χ1v) is 7.58. The Morgan fingerprint density at radius 2 is 2.00 bits per heavy atom. The van der Waals surface area contributed by atoms with Crippen LogP contribution < -0.4 is 20.5 Å². The monoisotopic (exact) mass is 442 g/mol. The number of pyridine rings is 1. The Morgan fingerprint density at radius 3 is 2.67 bits per heavy atom. The van der Waals surface area contributed by atoms with E-state index in [1.807, 2.05) is 44.2 Å². The molecule has 3 N–H and O–H groups in total. The summed E-state index contributed by atoms with van der Waals surface area (Å²) in [5.74, 6) is 1.76. The summed E-state index contributed by atoms with van der Waals surface area (Å²) in [6.45, 7) is 5.49.